The number of carbonyl (C=O) groups is 2. The highest BCUT2D eigenvalue weighted by atomic mass is 32.1. The second kappa shape index (κ2) is 6.77. The third-order valence-corrected chi connectivity index (χ3v) is 1.91. The van der Waals surface area contributed by atoms with Crippen molar-refractivity contribution < 1.29 is 9.59 Å². The maximum atomic E-state index is 11.3. The molecule has 5 heteroatoms. The van der Waals surface area contributed by atoms with Crippen molar-refractivity contribution in [2.24, 2.45) is 0 Å². The summed E-state index contributed by atoms with van der Waals surface area (Å²) < 4.78 is 0. The zero-order valence-electron chi connectivity index (χ0n) is 8.04. The number of thiol groups is 1. The maximum absolute atomic E-state index is 11.3. The van der Waals surface area contributed by atoms with Crippen molar-refractivity contribution in [1.82, 2.24) is 10.2 Å². The topological polar surface area (TPSA) is 49.4 Å². The van der Waals surface area contributed by atoms with Gasteiger partial charge in [-0.1, -0.05) is 0 Å². The van der Waals surface area contributed by atoms with Gasteiger partial charge in [0.15, 0.2) is 0 Å². The third kappa shape index (κ3) is 5.52. The Hall–Kier alpha value is -0.710. The van der Waals surface area contributed by atoms with Crippen LogP contribution in [0.3, 0.4) is 0 Å². The third-order valence-electron chi connectivity index (χ3n) is 1.71. The van der Waals surface area contributed by atoms with Crippen molar-refractivity contribution in [1.29, 1.82) is 0 Å². The summed E-state index contributed by atoms with van der Waals surface area (Å²) in [6, 6.07) is 0. The van der Waals surface area contributed by atoms with Crippen molar-refractivity contribution in [3.8, 4) is 0 Å². The largest absolute Gasteiger partial charge is 0.359 e. The molecule has 0 aromatic rings. The average molecular weight is 204 g/mol. The smallest absolute Gasteiger partial charge is 0.222 e. The number of rotatable bonds is 5. The van der Waals surface area contributed by atoms with Gasteiger partial charge in [0.25, 0.3) is 0 Å². The molecule has 76 valence electrons. The number of amides is 2. The van der Waals surface area contributed by atoms with E-state index in [9.17, 15) is 9.59 Å². The van der Waals surface area contributed by atoms with Crippen LogP contribution in [0.15, 0.2) is 0 Å². The monoisotopic (exact) mass is 204 g/mol. The van der Waals surface area contributed by atoms with E-state index in [2.05, 4.69) is 17.9 Å². The number of nitrogens with zero attached hydrogens (tertiary/aromatic N) is 1. The number of hydrogen-bond acceptors (Lipinski definition) is 3. The van der Waals surface area contributed by atoms with Crippen LogP contribution in [0.4, 0.5) is 0 Å². The molecule has 0 aliphatic rings. The minimum Gasteiger partial charge on any atom is -0.359 e. The van der Waals surface area contributed by atoms with Gasteiger partial charge in [-0.2, -0.15) is 12.6 Å². The second-order valence-corrected chi connectivity index (χ2v) is 3.16. The van der Waals surface area contributed by atoms with Crippen LogP contribution in [0.2, 0.25) is 0 Å². The number of carbonyl (C=O) groups excluding carboxylic acids is 2. The summed E-state index contributed by atoms with van der Waals surface area (Å²) in [4.78, 5) is 23.6. The summed E-state index contributed by atoms with van der Waals surface area (Å²) >= 11 is 4.01. The van der Waals surface area contributed by atoms with Crippen LogP contribution in [0.25, 0.3) is 0 Å². The van der Waals surface area contributed by atoms with Crippen LogP contribution in [-0.4, -0.2) is 43.1 Å². The SMILES string of the molecule is CNC(=O)CCC(=O)N(C)CCS. The quantitative estimate of drug-likeness (QED) is 0.614. The fourth-order valence-electron chi connectivity index (χ4n) is 0.811. The van der Waals surface area contributed by atoms with Gasteiger partial charge in [0, 0.05) is 39.2 Å². The molecule has 0 unspecified atom stereocenters. The minimum atomic E-state index is -0.104. The van der Waals surface area contributed by atoms with E-state index < -0.39 is 0 Å². The zero-order chi connectivity index (χ0) is 10.3. The van der Waals surface area contributed by atoms with Crippen LogP contribution in [0, 0.1) is 0 Å². The molecule has 0 aromatic heterocycles. The highest BCUT2D eigenvalue weighted by molar-refractivity contribution is 7.80. The van der Waals surface area contributed by atoms with E-state index in [1.54, 1.807) is 19.0 Å². The van der Waals surface area contributed by atoms with Gasteiger partial charge in [-0.05, 0) is 0 Å². The first-order chi connectivity index (χ1) is 6.11. The van der Waals surface area contributed by atoms with Crippen LogP contribution < -0.4 is 5.32 Å². The molecular formula is C8H16N2O2S. The summed E-state index contributed by atoms with van der Waals surface area (Å²) in [6.07, 6.45) is 0.524. The Morgan fingerprint density at radius 1 is 1.38 bits per heavy atom. The van der Waals surface area contributed by atoms with Gasteiger partial charge < -0.3 is 10.2 Å². The molecule has 0 bridgehead atoms. The first-order valence-corrected chi connectivity index (χ1v) is 4.80. The highest BCUT2D eigenvalue weighted by Crippen LogP contribution is 1.95. The molecular weight excluding hydrogens is 188 g/mol. The Balaban J connectivity index is 3.67. The number of nitrogens with one attached hydrogen (secondary N) is 1. The fraction of sp³-hybridized carbons (Fsp3) is 0.750. The van der Waals surface area contributed by atoms with Crippen molar-refractivity contribution in [3.05, 3.63) is 0 Å². The molecule has 0 saturated heterocycles. The van der Waals surface area contributed by atoms with Crippen molar-refractivity contribution >= 4 is 24.4 Å². The second-order valence-electron chi connectivity index (χ2n) is 2.71. The van der Waals surface area contributed by atoms with Gasteiger partial charge in [0.05, 0.1) is 0 Å². The van der Waals surface area contributed by atoms with E-state index >= 15 is 0 Å². The molecule has 0 aromatic carbocycles. The molecule has 0 aliphatic heterocycles. The first kappa shape index (κ1) is 12.3. The van der Waals surface area contributed by atoms with Crippen molar-refractivity contribution in [2.75, 3.05) is 26.4 Å². The fourth-order valence-corrected chi connectivity index (χ4v) is 1.11. The molecule has 0 radical (unpaired) electrons. The Morgan fingerprint density at radius 3 is 2.46 bits per heavy atom. The van der Waals surface area contributed by atoms with E-state index in [-0.39, 0.29) is 24.7 Å². The molecule has 4 nitrogen and oxygen atoms in total. The zero-order valence-corrected chi connectivity index (χ0v) is 8.93. The molecule has 0 heterocycles. The van der Waals surface area contributed by atoms with E-state index in [1.807, 2.05) is 0 Å². The van der Waals surface area contributed by atoms with E-state index in [0.29, 0.717) is 12.3 Å². The first-order valence-electron chi connectivity index (χ1n) is 4.17. The van der Waals surface area contributed by atoms with Gasteiger partial charge in [-0.3, -0.25) is 9.59 Å². The summed E-state index contributed by atoms with van der Waals surface area (Å²) in [5, 5.41) is 2.47. The molecule has 1 N–H and O–H groups in total. The van der Waals surface area contributed by atoms with Crippen LogP contribution >= 0.6 is 12.6 Å². The lowest BCUT2D eigenvalue weighted by molar-refractivity contribution is -0.132. The van der Waals surface area contributed by atoms with Gasteiger partial charge in [-0.25, -0.2) is 0 Å². The molecule has 0 aliphatic carbocycles. The lowest BCUT2D eigenvalue weighted by atomic mass is 10.2. The molecule has 0 atom stereocenters. The van der Waals surface area contributed by atoms with E-state index in [0.717, 1.165) is 0 Å². The molecule has 0 spiro atoms. The van der Waals surface area contributed by atoms with Crippen LogP contribution in [0.5, 0.6) is 0 Å². The summed E-state index contributed by atoms with van der Waals surface area (Å²) in [7, 11) is 3.27. The van der Waals surface area contributed by atoms with E-state index in [4.69, 9.17) is 0 Å². The summed E-state index contributed by atoms with van der Waals surface area (Å²) in [5.41, 5.74) is 0. The van der Waals surface area contributed by atoms with E-state index in [1.165, 1.54) is 0 Å². The highest BCUT2D eigenvalue weighted by Gasteiger charge is 2.09. The minimum absolute atomic E-state index is 0.0161. The molecule has 0 fully saturated rings. The van der Waals surface area contributed by atoms with Crippen molar-refractivity contribution in [2.45, 2.75) is 12.8 Å². The summed E-state index contributed by atoms with van der Waals surface area (Å²) in [5.74, 6) is 0.521. The normalized spacial score (nSPS) is 9.46. The van der Waals surface area contributed by atoms with Gasteiger partial charge >= 0.3 is 0 Å². The molecule has 0 saturated carbocycles. The number of hydrogen-bond donors (Lipinski definition) is 2. The lowest BCUT2D eigenvalue weighted by Gasteiger charge is -2.15. The van der Waals surface area contributed by atoms with Gasteiger partial charge in [0.2, 0.25) is 11.8 Å². The molecule has 2 amide bonds. The van der Waals surface area contributed by atoms with Crippen LogP contribution in [-0.2, 0) is 9.59 Å². The van der Waals surface area contributed by atoms with Gasteiger partial charge in [0.1, 0.15) is 0 Å². The Bertz CT molecular complexity index is 185. The lowest BCUT2D eigenvalue weighted by Crippen LogP contribution is -2.29. The van der Waals surface area contributed by atoms with Crippen LogP contribution in [0.1, 0.15) is 12.8 Å². The maximum Gasteiger partial charge on any atom is 0.222 e. The molecule has 13 heavy (non-hydrogen) atoms. The van der Waals surface area contributed by atoms with Crippen molar-refractivity contribution in [3.63, 3.8) is 0 Å². The predicted molar refractivity (Wildman–Crippen MR) is 54.8 cm³/mol. The summed E-state index contributed by atoms with van der Waals surface area (Å²) in [6.45, 7) is 0.621. The Morgan fingerprint density at radius 2 is 2.00 bits per heavy atom. The predicted octanol–water partition coefficient (Wildman–Crippen LogP) is -0.0992. The standard InChI is InChI=1S/C8H16N2O2S/c1-9-7(11)3-4-8(12)10(2)5-6-13/h13H,3-6H2,1-2H3,(H,9,11). The average Bonchev–Trinajstić information content (AvgIpc) is 2.13. The Labute approximate surface area is 84.1 Å². The van der Waals surface area contributed by atoms with Gasteiger partial charge in [-0.15, -0.1) is 0 Å². The molecule has 0 rings (SSSR count). The Kier molecular flexibility index (Phi) is 6.40.